The Morgan fingerprint density at radius 1 is 0.923 bits per heavy atom. The number of nitrogens with one attached hydrogen (secondary N) is 1. The van der Waals surface area contributed by atoms with Gasteiger partial charge in [0.25, 0.3) is 5.91 Å². The van der Waals surface area contributed by atoms with Gasteiger partial charge in [0.05, 0.1) is 12.8 Å². The van der Waals surface area contributed by atoms with Crippen LogP contribution in [0.4, 0.5) is 5.69 Å². The zero-order chi connectivity index (χ0) is 18.4. The van der Waals surface area contributed by atoms with Gasteiger partial charge in [-0.1, -0.05) is 72.3 Å². The molecule has 0 unspecified atom stereocenters. The Hall–Kier alpha value is -3.04. The molecule has 0 radical (unpaired) electrons. The number of methoxy groups -OCH3 is 1. The van der Waals surface area contributed by atoms with Crippen LogP contribution in [-0.2, 0) is 4.79 Å². The maximum absolute atomic E-state index is 13.0. The van der Waals surface area contributed by atoms with Gasteiger partial charge in [0, 0.05) is 10.6 Å². The molecule has 0 saturated carbocycles. The molecule has 0 heterocycles. The third-order valence-corrected chi connectivity index (χ3v) is 4.23. The SMILES string of the molecule is COc1ccccc1NC(=O)C(=Cc1ccccc1Cl)c1ccccc1. The van der Waals surface area contributed by atoms with Crippen LogP contribution >= 0.6 is 11.6 Å². The highest BCUT2D eigenvalue weighted by atomic mass is 35.5. The van der Waals surface area contributed by atoms with E-state index in [1.54, 1.807) is 31.4 Å². The van der Waals surface area contributed by atoms with E-state index < -0.39 is 0 Å². The number of ether oxygens (including phenoxy) is 1. The zero-order valence-corrected chi connectivity index (χ0v) is 15.0. The van der Waals surface area contributed by atoms with Crippen LogP contribution in [0.3, 0.4) is 0 Å². The first-order chi connectivity index (χ1) is 12.7. The second kappa shape index (κ2) is 8.37. The van der Waals surface area contributed by atoms with E-state index in [1.165, 1.54) is 0 Å². The lowest BCUT2D eigenvalue weighted by atomic mass is 10.0. The van der Waals surface area contributed by atoms with E-state index in [4.69, 9.17) is 16.3 Å². The fourth-order valence-electron chi connectivity index (χ4n) is 2.58. The van der Waals surface area contributed by atoms with E-state index in [0.29, 0.717) is 22.0 Å². The Kier molecular flexibility index (Phi) is 5.72. The molecule has 0 bridgehead atoms. The molecule has 26 heavy (non-hydrogen) atoms. The number of rotatable bonds is 5. The highest BCUT2D eigenvalue weighted by Crippen LogP contribution is 2.27. The monoisotopic (exact) mass is 363 g/mol. The molecule has 1 N–H and O–H groups in total. The summed E-state index contributed by atoms with van der Waals surface area (Å²) in [7, 11) is 1.57. The fourth-order valence-corrected chi connectivity index (χ4v) is 2.77. The van der Waals surface area contributed by atoms with E-state index in [-0.39, 0.29) is 5.91 Å². The van der Waals surface area contributed by atoms with E-state index >= 15 is 0 Å². The number of amides is 1. The molecule has 0 fully saturated rings. The number of halogens is 1. The van der Waals surface area contributed by atoms with Gasteiger partial charge in [-0.25, -0.2) is 0 Å². The summed E-state index contributed by atoms with van der Waals surface area (Å²) in [6, 6.07) is 24.2. The first kappa shape index (κ1) is 17.8. The van der Waals surface area contributed by atoms with Crippen molar-refractivity contribution < 1.29 is 9.53 Å². The molecule has 0 aliphatic heterocycles. The minimum absolute atomic E-state index is 0.236. The number of benzene rings is 3. The van der Waals surface area contributed by atoms with Gasteiger partial charge in [0.2, 0.25) is 0 Å². The molecule has 3 aromatic carbocycles. The summed E-state index contributed by atoms with van der Waals surface area (Å²) in [4.78, 5) is 13.0. The minimum Gasteiger partial charge on any atom is -0.495 e. The summed E-state index contributed by atoms with van der Waals surface area (Å²) in [5.74, 6) is 0.367. The Bertz CT molecular complexity index is 936. The van der Waals surface area contributed by atoms with Gasteiger partial charge in [0.1, 0.15) is 5.75 Å². The maximum Gasteiger partial charge on any atom is 0.256 e. The molecule has 0 aromatic heterocycles. The van der Waals surface area contributed by atoms with E-state index in [2.05, 4.69) is 5.32 Å². The summed E-state index contributed by atoms with van der Waals surface area (Å²) >= 11 is 6.27. The molecule has 0 aliphatic carbocycles. The molecule has 3 nitrogen and oxygen atoms in total. The molecule has 0 aliphatic rings. The summed E-state index contributed by atoms with van der Waals surface area (Å²) in [5, 5.41) is 3.51. The van der Waals surface area contributed by atoms with Crippen LogP contribution in [0.5, 0.6) is 5.75 Å². The fraction of sp³-hybridized carbons (Fsp3) is 0.0455. The second-order valence-electron chi connectivity index (χ2n) is 5.60. The third-order valence-electron chi connectivity index (χ3n) is 3.89. The quantitative estimate of drug-likeness (QED) is 0.478. The van der Waals surface area contributed by atoms with Crippen molar-refractivity contribution in [3.63, 3.8) is 0 Å². The van der Waals surface area contributed by atoms with Crippen LogP contribution in [0.2, 0.25) is 5.02 Å². The van der Waals surface area contributed by atoms with Crippen molar-refractivity contribution in [2.45, 2.75) is 0 Å². The largest absolute Gasteiger partial charge is 0.495 e. The van der Waals surface area contributed by atoms with Gasteiger partial charge in [-0.2, -0.15) is 0 Å². The van der Waals surface area contributed by atoms with E-state index in [1.807, 2.05) is 60.7 Å². The molecular weight excluding hydrogens is 346 g/mol. The minimum atomic E-state index is -0.236. The van der Waals surface area contributed by atoms with Crippen molar-refractivity contribution >= 4 is 34.8 Å². The molecule has 0 spiro atoms. The first-order valence-electron chi connectivity index (χ1n) is 8.15. The van der Waals surface area contributed by atoms with Crippen LogP contribution in [0.25, 0.3) is 11.6 Å². The molecule has 1 amide bonds. The predicted octanol–water partition coefficient (Wildman–Crippen LogP) is 5.53. The van der Waals surface area contributed by atoms with E-state index in [0.717, 1.165) is 11.1 Å². The standard InChI is InChI=1S/C22H18ClNO2/c1-26-21-14-8-7-13-20(21)24-22(25)18(16-9-3-2-4-10-16)15-17-11-5-6-12-19(17)23/h2-15H,1H3,(H,24,25). The Balaban J connectivity index is 2.01. The van der Waals surface area contributed by atoms with Gasteiger partial charge in [-0.3, -0.25) is 4.79 Å². The molecular formula is C22H18ClNO2. The Morgan fingerprint density at radius 2 is 1.58 bits per heavy atom. The second-order valence-corrected chi connectivity index (χ2v) is 6.01. The molecule has 0 saturated heterocycles. The molecule has 0 atom stereocenters. The number of hydrogen-bond acceptors (Lipinski definition) is 2. The average Bonchev–Trinajstić information content (AvgIpc) is 2.68. The van der Waals surface area contributed by atoms with Crippen molar-refractivity contribution in [1.29, 1.82) is 0 Å². The Labute approximate surface area is 157 Å². The van der Waals surface area contributed by atoms with Crippen molar-refractivity contribution in [3.8, 4) is 5.75 Å². The van der Waals surface area contributed by atoms with Gasteiger partial charge < -0.3 is 10.1 Å². The molecule has 3 rings (SSSR count). The van der Waals surface area contributed by atoms with Crippen molar-refractivity contribution in [1.82, 2.24) is 0 Å². The van der Waals surface area contributed by atoms with Crippen molar-refractivity contribution in [2.24, 2.45) is 0 Å². The van der Waals surface area contributed by atoms with Crippen LogP contribution in [0.1, 0.15) is 11.1 Å². The summed E-state index contributed by atoms with van der Waals surface area (Å²) < 4.78 is 5.31. The topological polar surface area (TPSA) is 38.3 Å². The van der Waals surface area contributed by atoms with Crippen LogP contribution in [-0.4, -0.2) is 13.0 Å². The third kappa shape index (κ3) is 4.13. The van der Waals surface area contributed by atoms with Gasteiger partial charge in [0.15, 0.2) is 0 Å². The van der Waals surface area contributed by atoms with E-state index in [9.17, 15) is 4.79 Å². The van der Waals surface area contributed by atoms with Gasteiger partial charge in [-0.05, 0) is 35.4 Å². The average molecular weight is 364 g/mol. The Morgan fingerprint density at radius 3 is 2.31 bits per heavy atom. The highest BCUT2D eigenvalue weighted by molar-refractivity contribution is 6.34. The van der Waals surface area contributed by atoms with Crippen LogP contribution in [0, 0.1) is 0 Å². The van der Waals surface area contributed by atoms with Gasteiger partial charge in [-0.15, -0.1) is 0 Å². The first-order valence-corrected chi connectivity index (χ1v) is 8.53. The maximum atomic E-state index is 13.0. The number of hydrogen-bond donors (Lipinski definition) is 1. The predicted molar refractivity (Wildman–Crippen MR) is 107 cm³/mol. The van der Waals surface area contributed by atoms with Gasteiger partial charge >= 0.3 is 0 Å². The number of carbonyl (C=O) groups is 1. The summed E-state index contributed by atoms with van der Waals surface area (Å²) in [6.07, 6.45) is 1.79. The highest BCUT2D eigenvalue weighted by Gasteiger charge is 2.15. The van der Waals surface area contributed by atoms with Crippen molar-refractivity contribution in [3.05, 3.63) is 95.0 Å². The van der Waals surface area contributed by atoms with Crippen LogP contribution in [0.15, 0.2) is 78.9 Å². The summed E-state index contributed by atoms with van der Waals surface area (Å²) in [5.41, 5.74) is 2.72. The lowest BCUT2D eigenvalue weighted by Gasteiger charge is -2.13. The molecule has 4 heteroatoms. The molecule has 3 aromatic rings. The lowest BCUT2D eigenvalue weighted by molar-refractivity contribution is -0.111. The number of para-hydroxylation sites is 2. The lowest BCUT2D eigenvalue weighted by Crippen LogP contribution is -2.14. The normalized spacial score (nSPS) is 11.1. The molecule has 130 valence electrons. The van der Waals surface area contributed by atoms with Crippen molar-refractivity contribution in [2.75, 3.05) is 12.4 Å². The number of anilines is 1. The summed E-state index contributed by atoms with van der Waals surface area (Å²) in [6.45, 7) is 0. The van der Waals surface area contributed by atoms with Crippen LogP contribution < -0.4 is 10.1 Å². The number of carbonyl (C=O) groups excluding carboxylic acids is 1. The smallest absolute Gasteiger partial charge is 0.256 e. The zero-order valence-electron chi connectivity index (χ0n) is 14.3.